The number of aromatic nitrogens is 2. The fourth-order valence-electron chi connectivity index (χ4n) is 0.914. The summed E-state index contributed by atoms with van der Waals surface area (Å²) in [7, 11) is 0. The summed E-state index contributed by atoms with van der Waals surface area (Å²) in [5.41, 5.74) is 5.19. The van der Waals surface area contributed by atoms with Crippen LogP contribution in [0.5, 0.6) is 0 Å². The van der Waals surface area contributed by atoms with Crippen LogP contribution in [0, 0.1) is 0 Å². The molecule has 3 N–H and O–H groups in total. The number of hydrogen-bond acceptors (Lipinski definition) is 6. The summed E-state index contributed by atoms with van der Waals surface area (Å²) in [6, 6.07) is 0. The molecule has 0 aromatic carbocycles. The number of carbonyl (C=O) groups excluding carboxylic acids is 1. The molecule has 84 valence electrons. The van der Waals surface area contributed by atoms with Crippen LogP contribution in [-0.4, -0.2) is 42.4 Å². The van der Waals surface area contributed by atoms with Gasteiger partial charge in [0.2, 0.25) is 11.8 Å². The number of nitrogens with zero attached hydrogens (tertiary/aromatic N) is 2. The molecular weight excluding hydrogens is 200 g/mol. The number of ether oxygens (including phenoxy) is 1. The summed E-state index contributed by atoms with van der Waals surface area (Å²) < 4.78 is 9.70. The Morgan fingerprint density at radius 2 is 2.53 bits per heavy atom. The van der Waals surface area contributed by atoms with E-state index in [0.29, 0.717) is 32.0 Å². The summed E-state index contributed by atoms with van der Waals surface area (Å²) in [6.45, 7) is 1.28. The van der Waals surface area contributed by atoms with E-state index >= 15 is 0 Å². The zero-order valence-electron chi connectivity index (χ0n) is 8.31. The lowest BCUT2D eigenvalue weighted by molar-refractivity contribution is -0.125. The van der Waals surface area contributed by atoms with Crippen molar-refractivity contribution in [3.8, 4) is 0 Å². The fraction of sp³-hybridized carbons (Fsp3) is 0.625. The van der Waals surface area contributed by atoms with E-state index in [4.69, 9.17) is 15.0 Å². The maximum Gasteiger partial charge on any atom is 0.246 e. The van der Waals surface area contributed by atoms with Gasteiger partial charge < -0.3 is 20.3 Å². The molecular formula is C8H14N4O3. The van der Waals surface area contributed by atoms with Crippen molar-refractivity contribution < 1.29 is 14.1 Å². The van der Waals surface area contributed by atoms with Crippen molar-refractivity contribution in [3.05, 3.63) is 12.2 Å². The van der Waals surface area contributed by atoms with Crippen LogP contribution in [0.25, 0.3) is 0 Å². The Kier molecular flexibility index (Phi) is 5.34. The van der Waals surface area contributed by atoms with Crippen molar-refractivity contribution >= 4 is 5.91 Å². The van der Waals surface area contributed by atoms with E-state index in [2.05, 4.69) is 15.5 Å². The van der Waals surface area contributed by atoms with Crippen molar-refractivity contribution in [2.45, 2.75) is 6.42 Å². The Morgan fingerprint density at radius 3 is 3.20 bits per heavy atom. The van der Waals surface area contributed by atoms with Crippen molar-refractivity contribution in [2.75, 3.05) is 26.3 Å². The van der Waals surface area contributed by atoms with E-state index in [1.54, 1.807) is 0 Å². The molecule has 0 radical (unpaired) electrons. The summed E-state index contributed by atoms with van der Waals surface area (Å²) in [5.74, 6) is 0.321. The molecule has 0 saturated heterocycles. The van der Waals surface area contributed by atoms with Crippen molar-refractivity contribution in [1.82, 2.24) is 15.5 Å². The summed E-state index contributed by atoms with van der Waals surface area (Å²) in [5, 5.41) is 6.09. The van der Waals surface area contributed by atoms with Crippen LogP contribution in [0.2, 0.25) is 0 Å². The molecule has 0 bridgehead atoms. The minimum atomic E-state index is -0.178. The van der Waals surface area contributed by atoms with Crippen LogP contribution in [-0.2, 0) is 16.0 Å². The van der Waals surface area contributed by atoms with Gasteiger partial charge in [0.15, 0.2) is 6.33 Å². The van der Waals surface area contributed by atoms with Crippen molar-refractivity contribution in [2.24, 2.45) is 5.73 Å². The zero-order valence-corrected chi connectivity index (χ0v) is 8.31. The number of rotatable bonds is 7. The molecule has 0 aliphatic rings. The summed E-state index contributed by atoms with van der Waals surface area (Å²) >= 11 is 0. The van der Waals surface area contributed by atoms with Crippen LogP contribution in [0.1, 0.15) is 5.89 Å². The van der Waals surface area contributed by atoms with Gasteiger partial charge in [-0.15, -0.1) is 0 Å². The molecule has 0 unspecified atom stereocenters. The zero-order chi connectivity index (χ0) is 10.9. The van der Waals surface area contributed by atoms with Gasteiger partial charge in [-0.25, -0.2) is 0 Å². The molecule has 7 heteroatoms. The largest absolute Gasteiger partial charge is 0.370 e. The van der Waals surface area contributed by atoms with E-state index in [1.807, 2.05) is 0 Å². The van der Waals surface area contributed by atoms with Crippen LogP contribution in [0.3, 0.4) is 0 Å². The third-order valence-electron chi connectivity index (χ3n) is 1.56. The smallest absolute Gasteiger partial charge is 0.246 e. The van der Waals surface area contributed by atoms with Gasteiger partial charge in [-0.05, 0) is 0 Å². The second-order valence-corrected chi connectivity index (χ2v) is 2.78. The number of carbonyl (C=O) groups is 1. The van der Waals surface area contributed by atoms with Crippen molar-refractivity contribution in [3.63, 3.8) is 0 Å². The molecule has 7 nitrogen and oxygen atoms in total. The Morgan fingerprint density at radius 1 is 1.67 bits per heavy atom. The minimum absolute atomic E-state index is 0.0288. The first kappa shape index (κ1) is 11.6. The molecule has 1 heterocycles. The lowest BCUT2D eigenvalue weighted by Crippen LogP contribution is -2.30. The highest BCUT2D eigenvalue weighted by atomic mass is 16.5. The predicted octanol–water partition coefficient (Wildman–Crippen LogP) is -1.30. The number of hydrogen-bond donors (Lipinski definition) is 2. The van der Waals surface area contributed by atoms with E-state index in [9.17, 15) is 4.79 Å². The Hall–Kier alpha value is -1.47. The first-order valence-corrected chi connectivity index (χ1v) is 4.63. The molecule has 1 aromatic heterocycles. The van der Waals surface area contributed by atoms with Crippen LogP contribution in [0.15, 0.2) is 10.9 Å². The maximum atomic E-state index is 11.1. The molecule has 0 saturated carbocycles. The monoisotopic (exact) mass is 214 g/mol. The molecule has 0 aliphatic carbocycles. The molecule has 1 amide bonds. The number of nitrogens with one attached hydrogen (secondary N) is 1. The third kappa shape index (κ3) is 5.08. The van der Waals surface area contributed by atoms with E-state index in [-0.39, 0.29) is 12.5 Å². The quantitative estimate of drug-likeness (QED) is 0.547. The molecule has 1 rings (SSSR count). The standard InChI is InChI=1S/C8H14N4O3/c9-2-4-14-5-7(13)10-3-1-8-11-6-12-15-8/h6H,1-5,9H2,(H,10,13). The van der Waals surface area contributed by atoms with Gasteiger partial charge >= 0.3 is 0 Å². The molecule has 1 aromatic rings. The van der Waals surface area contributed by atoms with Gasteiger partial charge in [-0.2, -0.15) is 4.98 Å². The average molecular weight is 214 g/mol. The van der Waals surface area contributed by atoms with E-state index < -0.39 is 0 Å². The Balaban J connectivity index is 2.02. The highest BCUT2D eigenvalue weighted by molar-refractivity contribution is 5.77. The lowest BCUT2D eigenvalue weighted by atomic mass is 10.4. The molecule has 0 spiro atoms. The second-order valence-electron chi connectivity index (χ2n) is 2.78. The summed E-state index contributed by atoms with van der Waals surface area (Å²) in [6.07, 6.45) is 1.84. The van der Waals surface area contributed by atoms with Gasteiger partial charge in [-0.1, -0.05) is 5.16 Å². The van der Waals surface area contributed by atoms with Crippen LogP contribution < -0.4 is 11.1 Å². The first-order chi connectivity index (χ1) is 7.33. The first-order valence-electron chi connectivity index (χ1n) is 4.63. The number of amides is 1. The molecule has 0 atom stereocenters. The Labute approximate surface area is 87.0 Å². The van der Waals surface area contributed by atoms with E-state index in [1.165, 1.54) is 6.33 Å². The average Bonchev–Trinajstić information content (AvgIpc) is 2.71. The van der Waals surface area contributed by atoms with Gasteiger partial charge in [0.25, 0.3) is 0 Å². The van der Waals surface area contributed by atoms with Gasteiger partial charge in [0.1, 0.15) is 6.61 Å². The third-order valence-corrected chi connectivity index (χ3v) is 1.56. The predicted molar refractivity (Wildman–Crippen MR) is 50.9 cm³/mol. The fourth-order valence-corrected chi connectivity index (χ4v) is 0.914. The summed E-state index contributed by atoms with van der Waals surface area (Å²) in [4.78, 5) is 14.9. The van der Waals surface area contributed by atoms with Crippen molar-refractivity contribution in [1.29, 1.82) is 0 Å². The lowest BCUT2D eigenvalue weighted by Gasteiger charge is -2.03. The normalized spacial score (nSPS) is 10.2. The van der Waals surface area contributed by atoms with Gasteiger partial charge in [-0.3, -0.25) is 4.79 Å². The molecule has 0 fully saturated rings. The molecule has 0 aliphatic heterocycles. The molecule has 15 heavy (non-hydrogen) atoms. The van der Waals surface area contributed by atoms with Crippen LogP contribution >= 0.6 is 0 Å². The Bertz CT molecular complexity index is 275. The minimum Gasteiger partial charge on any atom is -0.370 e. The topological polar surface area (TPSA) is 103 Å². The number of nitrogens with two attached hydrogens (primary N) is 1. The van der Waals surface area contributed by atoms with Gasteiger partial charge in [0.05, 0.1) is 6.61 Å². The SMILES string of the molecule is NCCOCC(=O)NCCc1ncno1. The van der Waals surface area contributed by atoms with E-state index in [0.717, 1.165) is 0 Å². The second kappa shape index (κ2) is 6.91. The van der Waals surface area contributed by atoms with Gasteiger partial charge in [0, 0.05) is 19.5 Å². The highest BCUT2D eigenvalue weighted by Gasteiger charge is 2.02. The maximum absolute atomic E-state index is 11.1. The highest BCUT2D eigenvalue weighted by Crippen LogP contribution is 1.90. The van der Waals surface area contributed by atoms with Crippen LogP contribution in [0.4, 0.5) is 0 Å².